The first-order chi connectivity index (χ1) is 10.7. The Kier molecular flexibility index (Phi) is 4.99. The van der Waals surface area contributed by atoms with Gasteiger partial charge < -0.3 is 5.32 Å². The van der Waals surface area contributed by atoms with Gasteiger partial charge in [0.2, 0.25) is 0 Å². The summed E-state index contributed by atoms with van der Waals surface area (Å²) in [6.45, 7) is 2.18. The summed E-state index contributed by atoms with van der Waals surface area (Å²) >= 11 is 6.09. The normalized spacial score (nSPS) is 11.6. The van der Waals surface area contributed by atoms with Crippen LogP contribution in [-0.2, 0) is 6.54 Å². The lowest BCUT2D eigenvalue weighted by molar-refractivity contribution is -0.123. The minimum Gasteiger partial charge on any atom is -0.343 e. The number of hydrogen-bond donors (Lipinski definition) is 1. The predicted molar refractivity (Wildman–Crippen MR) is 80.6 cm³/mol. The Morgan fingerprint density at radius 3 is 2.57 bits per heavy atom. The minimum absolute atomic E-state index is 0.154. The fourth-order valence-electron chi connectivity index (χ4n) is 2.24. The van der Waals surface area contributed by atoms with E-state index >= 15 is 0 Å². The molecule has 1 N–H and O–H groups in total. The molecule has 0 saturated carbocycles. The number of amides is 1. The molecule has 0 radical (unpaired) electrons. The lowest BCUT2D eigenvalue weighted by atomic mass is 10.1. The van der Waals surface area contributed by atoms with Crippen LogP contribution in [0.15, 0.2) is 24.3 Å². The van der Waals surface area contributed by atoms with Gasteiger partial charge in [-0.3, -0.25) is 9.48 Å². The van der Waals surface area contributed by atoms with Gasteiger partial charge in [0.05, 0.1) is 17.8 Å². The summed E-state index contributed by atoms with van der Waals surface area (Å²) in [6, 6.07) is 7.18. The zero-order valence-electron chi connectivity index (χ0n) is 12.5. The molecule has 0 atom stereocenters. The van der Waals surface area contributed by atoms with Gasteiger partial charge >= 0.3 is 6.18 Å². The van der Waals surface area contributed by atoms with Crippen LogP contribution in [0.25, 0.3) is 0 Å². The molecule has 0 aliphatic heterocycles. The second-order valence-electron chi connectivity index (χ2n) is 5.09. The molecule has 1 heterocycles. The van der Waals surface area contributed by atoms with Gasteiger partial charge in [-0.2, -0.15) is 18.3 Å². The van der Waals surface area contributed by atoms with Crippen molar-refractivity contribution in [1.29, 1.82) is 0 Å². The molecule has 0 spiro atoms. The van der Waals surface area contributed by atoms with Crippen molar-refractivity contribution in [2.75, 3.05) is 6.54 Å². The number of nitrogens with one attached hydrogen (secondary N) is 1. The summed E-state index contributed by atoms with van der Waals surface area (Å²) < 4.78 is 38.2. The highest BCUT2D eigenvalue weighted by atomic mass is 35.5. The van der Waals surface area contributed by atoms with Crippen molar-refractivity contribution < 1.29 is 18.0 Å². The molecule has 0 aliphatic carbocycles. The van der Waals surface area contributed by atoms with Gasteiger partial charge in [-0.15, -0.1) is 0 Å². The third-order valence-electron chi connectivity index (χ3n) is 3.34. The Morgan fingerprint density at radius 1 is 1.30 bits per heavy atom. The number of hydrogen-bond acceptors (Lipinski definition) is 2. The first kappa shape index (κ1) is 17.3. The Balaban J connectivity index is 2.22. The summed E-state index contributed by atoms with van der Waals surface area (Å²) in [6.07, 6.45) is -4.45. The molecule has 1 amide bonds. The number of carbonyl (C=O) groups excluding carboxylic acids is 1. The zero-order chi connectivity index (χ0) is 17.2. The smallest absolute Gasteiger partial charge is 0.343 e. The van der Waals surface area contributed by atoms with Gasteiger partial charge in [-0.1, -0.05) is 29.8 Å². The Bertz CT molecular complexity index is 725. The van der Waals surface area contributed by atoms with Crippen molar-refractivity contribution in [2.45, 2.75) is 26.6 Å². The van der Waals surface area contributed by atoms with E-state index in [4.69, 9.17) is 11.6 Å². The summed E-state index contributed by atoms with van der Waals surface area (Å²) in [5, 5.41) is 6.65. The number of benzene rings is 1. The summed E-state index contributed by atoms with van der Waals surface area (Å²) in [7, 11) is 0. The van der Waals surface area contributed by atoms with Gasteiger partial charge in [-0.05, 0) is 25.5 Å². The molecule has 23 heavy (non-hydrogen) atoms. The van der Waals surface area contributed by atoms with Crippen LogP contribution in [0.2, 0.25) is 5.02 Å². The topological polar surface area (TPSA) is 46.9 Å². The zero-order valence-corrected chi connectivity index (χ0v) is 13.3. The molecular weight excluding hydrogens is 331 g/mol. The average molecular weight is 346 g/mol. The first-order valence-corrected chi connectivity index (χ1v) is 7.19. The number of aryl methyl sites for hydroxylation is 1. The van der Waals surface area contributed by atoms with Crippen LogP contribution in [0, 0.1) is 13.8 Å². The maximum absolute atomic E-state index is 12.2. The summed E-state index contributed by atoms with van der Waals surface area (Å²) in [5.41, 5.74) is 1.82. The second-order valence-corrected chi connectivity index (χ2v) is 5.50. The summed E-state index contributed by atoms with van der Waals surface area (Å²) in [4.78, 5) is 12.0. The van der Waals surface area contributed by atoms with Crippen molar-refractivity contribution in [1.82, 2.24) is 15.1 Å². The quantitative estimate of drug-likeness (QED) is 0.922. The van der Waals surface area contributed by atoms with Crippen molar-refractivity contribution in [3.05, 3.63) is 51.8 Å². The molecule has 2 rings (SSSR count). The molecule has 4 nitrogen and oxygen atoms in total. The van der Waals surface area contributed by atoms with Crippen molar-refractivity contribution in [3.8, 4) is 0 Å². The molecule has 2 aromatic rings. The molecule has 1 aromatic carbocycles. The van der Waals surface area contributed by atoms with E-state index in [2.05, 4.69) is 5.10 Å². The number of halogens is 4. The molecule has 0 fully saturated rings. The maximum Gasteiger partial charge on any atom is 0.405 e. The van der Waals surface area contributed by atoms with Crippen LogP contribution in [0.5, 0.6) is 0 Å². The van der Waals surface area contributed by atoms with Crippen LogP contribution in [0.4, 0.5) is 13.2 Å². The van der Waals surface area contributed by atoms with Crippen LogP contribution in [0.1, 0.15) is 27.3 Å². The highest BCUT2D eigenvalue weighted by Crippen LogP contribution is 2.20. The molecule has 0 saturated heterocycles. The highest BCUT2D eigenvalue weighted by Gasteiger charge is 2.29. The van der Waals surface area contributed by atoms with E-state index in [1.54, 1.807) is 30.7 Å². The highest BCUT2D eigenvalue weighted by molar-refractivity contribution is 6.31. The summed E-state index contributed by atoms with van der Waals surface area (Å²) in [5.74, 6) is -0.789. The Morgan fingerprint density at radius 2 is 1.96 bits per heavy atom. The van der Waals surface area contributed by atoms with Crippen LogP contribution in [-0.4, -0.2) is 28.4 Å². The van der Waals surface area contributed by atoms with E-state index < -0.39 is 18.6 Å². The Hall–Kier alpha value is -2.02. The predicted octanol–water partition coefficient (Wildman–Crippen LogP) is 3.49. The van der Waals surface area contributed by atoms with E-state index in [9.17, 15) is 18.0 Å². The fourth-order valence-corrected chi connectivity index (χ4v) is 2.43. The first-order valence-electron chi connectivity index (χ1n) is 6.81. The van der Waals surface area contributed by atoms with Crippen LogP contribution in [0.3, 0.4) is 0 Å². The van der Waals surface area contributed by atoms with E-state index in [0.717, 1.165) is 5.56 Å². The van der Waals surface area contributed by atoms with Gasteiger partial charge in [-0.25, -0.2) is 0 Å². The number of rotatable bonds is 4. The third kappa shape index (κ3) is 4.25. The largest absolute Gasteiger partial charge is 0.405 e. The molecule has 8 heteroatoms. The average Bonchev–Trinajstić information content (AvgIpc) is 2.73. The van der Waals surface area contributed by atoms with Gasteiger partial charge in [0, 0.05) is 10.7 Å². The fraction of sp³-hybridized carbons (Fsp3) is 0.333. The maximum atomic E-state index is 12.2. The lowest BCUT2D eigenvalue weighted by Gasteiger charge is -2.09. The van der Waals surface area contributed by atoms with E-state index in [-0.39, 0.29) is 5.56 Å². The number of aromatic nitrogens is 2. The van der Waals surface area contributed by atoms with Gasteiger partial charge in [0.25, 0.3) is 5.91 Å². The molecule has 0 bridgehead atoms. The van der Waals surface area contributed by atoms with Gasteiger partial charge in [0.1, 0.15) is 6.54 Å². The standard InChI is InChI=1S/C15H15ClF3N3O/c1-9-13(14(23)20-8-15(17,18)19)10(2)22(21-9)7-11-5-3-4-6-12(11)16/h3-6H,7-8H2,1-2H3,(H,20,23). The Labute approximate surface area is 136 Å². The van der Waals surface area contributed by atoms with E-state index in [0.29, 0.717) is 23.0 Å². The number of alkyl halides is 3. The van der Waals surface area contributed by atoms with Gasteiger partial charge in [0.15, 0.2) is 0 Å². The third-order valence-corrected chi connectivity index (χ3v) is 3.70. The minimum atomic E-state index is -4.45. The number of carbonyl (C=O) groups is 1. The van der Waals surface area contributed by atoms with Crippen LogP contribution >= 0.6 is 11.6 Å². The van der Waals surface area contributed by atoms with E-state index in [1.165, 1.54) is 0 Å². The molecule has 0 aliphatic rings. The molecule has 1 aromatic heterocycles. The lowest BCUT2D eigenvalue weighted by Crippen LogP contribution is -2.34. The molecular formula is C15H15ClF3N3O. The molecule has 0 unspecified atom stereocenters. The van der Waals surface area contributed by atoms with Crippen molar-refractivity contribution >= 4 is 17.5 Å². The molecule has 124 valence electrons. The van der Waals surface area contributed by atoms with Crippen molar-refractivity contribution in [3.63, 3.8) is 0 Å². The SMILES string of the molecule is Cc1nn(Cc2ccccc2Cl)c(C)c1C(=O)NCC(F)(F)F. The monoisotopic (exact) mass is 345 g/mol. The van der Waals surface area contributed by atoms with Crippen molar-refractivity contribution in [2.24, 2.45) is 0 Å². The van der Waals surface area contributed by atoms with Crippen LogP contribution < -0.4 is 5.32 Å². The number of nitrogens with zero attached hydrogens (tertiary/aromatic N) is 2. The van der Waals surface area contributed by atoms with E-state index in [1.807, 2.05) is 17.4 Å². The second kappa shape index (κ2) is 6.62.